The Morgan fingerprint density at radius 3 is 2.08 bits per heavy atom. The molecule has 6 rings (SSSR count). The lowest BCUT2D eigenvalue weighted by molar-refractivity contribution is -0.660. The van der Waals surface area contributed by atoms with Crippen LogP contribution in [0.5, 0.6) is 0 Å². The minimum atomic E-state index is -0.260. The van der Waals surface area contributed by atoms with Crippen molar-refractivity contribution in [1.29, 1.82) is 0 Å². The second-order valence-electron chi connectivity index (χ2n) is 12.4. The van der Waals surface area contributed by atoms with Gasteiger partial charge in [0.15, 0.2) is 6.20 Å². The van der Waals surface area contributed by atoms with Gasteiger partial charge in [0.2, 0.25) is 5.69 Å². The van der Waals surface area contributed by atoms with E-state index in [2.05, 4.69) is 89.4 Å². The van der Waals surface area contributed by atoms with E-state index in [1.54, 1.807) is 6.07 Å². The molecule has 0 aliphatic heterocycles. The zero-order valence-corrected chi connectivity index (χ0v) is 23.1. The maximum absolute atomic E-state index is 15.7. The monoisotopic (exact) mass is 492 g/mol. The molecule has 1 aliphatic carbocycles. The first-order valence-corrected chi connectivity index (χ1v) is 13.1. The van der Waals surface area contributed by atoms with E-state index in [0.717, 1.165) is 38.7 Å². The van der Waals surface area contributed by atoms with Crippen LogP contribution in [-0.4, -0.2) is 0 Å². The summed E-state index contributed by atoms with van der Waals surface area (Å²) in [5.74, 6) is -0.260. The third-order valence-corrected chi connectivity index (χ3v) is 10.1. The maximum atomic E-state index is 15.7. The first kappa shape index (κ1) is 23.9. The Hall–Kier alpha value is -3.46. The van der Waals surface area contributed by atoms with Crippen LogP contribution < -0.4 is 4.57 Å². The number of hydrogen-bond donors (Lipinski definition) is 0. The molecule has 37 heavy (non-hydrogen) atoms. The van der Waals surface area contributed by atoms with Crippen molar-refractivity contribution in [1.82, 2.24) is 0 Å². The Labute approximate surface area is 218 Å². The van der Waals surface area contributed by atoms with E-state index in [-0.39, 0.29) is 22.1 Å². The van der Waals surface area contributed by atoms with Gasteiger partial charge in [-0.2, -0.15) is 0 Å². The summed E-state index contributed by atoms with van der Waals surface area (Å²) in [6.45, 7) is 16.1. The van der Waals surface area contributed by atoms with Crippen LogP contribution in [0.4, 0.5) is 4.39 Å². The van der Waals surface area contributed by atoms with Gasteiger partial charge in [0.25, 0.3) is 0 Å². The minimum absolute atomic E-state index is 0.00587. The summed E-state index contributed by atoms with van der Waals surface area (Å²) in [6, 6.07) is 20.3. The highest BCUT2D eigenvalue weighted by Gasteiger charge is 2.56. The number of furan rings is 1. The van der Waals surface area contributed by atoms with Crippen LogP contribution in [0.1, 0.15) is 58.2 Å². The molecule has 0 unspecified atom stereocenters. The van der Waals surface area contributed by atoms with Gasteiger partial charge in [0.05, 0.1) is 11.1 Å². The van der Waals surface area contributed by atoms with Gasteiger partial charge in [0, 0.05) is 22.9 Å². The molecular formula is C34H35FNO+. The predicted molar refractivity (Wildman–Crippen MR) is 150 cm³/mol. The number of hydrogen-bond acceptors (Lipinski definition) is 1. The van der Waals surface area contributed by atoms with Gasteiger partial charge in [0.1, 0.15) is 24.0 Å². The largest absolute Gasteiger partial charge is 0.454 e. The van der Waals surface area contributed by atoms with Crippen LogP contribution in [-0.2, 0) is 17.9 Å². The lowest BCUT2D eigenvalue weighted by Gasteiger charge is -2.44. The molecule has 2 heterocycles. The number of benzene rings is 3. The number of pyridine rings is 1. The number of aromatic nitrogens is 1. The second-order valence-corrected chi connectivity index (χ2v) is 12.4. The zero-order valence-electron chi connectivity index (χ0n) is 23.1. The highest BCUT2D eigenvalue weighted by Crippen LogP contribution is 2.62. The second kappa shape index (κ2) is 7.54. The normalized spacial score (nSPS) is 17.4. The molecule has 0 saturated carbocycles. The quantitative estimate of drug-likeness (QED) is 0.225. The van der Waals surface area contributed by atoms with Gasteiger partial charge in [-0.3, -0.25) is 0 Å². The van der Waals surface area contributed by atoms with Crippen molar-refractivity contribution in [3.63, 3.8) is 0 Å². The molecule has 5 aromatic rings. The lowest BCUT2D eigenvalue weighted by Crippen LogP contribution is -2.42. The maximum Gasteiger partial charge on any atom is 0.216 e. The molecule has 0 atom stereocenters. The Balaban J connectivity index is 1.65. The molecule has 0 bridgehead atoms. The Kier molecular flexibility index (Phi) is 4.87. The van der Waals surface area contributed by atoms with Crippen LogP contribution in [0.15, 0.2) is 71.3 Å². The molecule has 2 nitrogen and oxygen atoms in total. The van der Waals surface area contributed by atoms with Crippen molar-refractivity contribution in [3.8, 4) is 22.4 Å². The Morgan fingerprint density at radius 1 is 0.730 bits per heavy atom. The third-order valence-electron chi connectivity index (χ3n) is 10.1. The van der Waals surface area contributed by atoms with Crippen LogP contribution in [0.2, 0.25) is 0 Å². The summed E-state index contributed by atoms with van der Waals surface area (Å²) in [7, 11) is 2.04. The van der Waals surface area contributed by atoms with Gasteiger partial charge in [-0.05, 0) is 63.6 Å². The molecule has 0 fully saturated rings. The summed E-state index contributed by atoms with van der Waals surface area (Å²) in [5, 5.41) is 1.94. The van der Waals surface area contributed by atoms with Gasteiger partial charge in [-0.1, -0.05) is 71.9 Å². The highest BCUT2D eigenvalue weighted by atomic mass is 19.1. The zero-order chi connectivity index (χ0) is 26.5. The van der Waals surface area contributed by atoms with Crippen molar-refractivity contribution in [2.45, 2.75) is 59.3 Å². The molecular weight excluding hydrogens is 457 g/mol. The van der Waals surface area contributed by atoms with Gasteiger partial charge in [-0.15, -0.1) is 0 Å². The van der Waals surface area contributed by atoms with E-state index in [1.165, 1.54) is 11.1 Å². The van der Waals surface area contributed by atoms with E-state index in [4.69, 9.17) is 4.42 Å². The van der Waals surface area contributed by atoms with Crippen molar-refractivity contribution < 1.29 is 13.4 Å². The fraction of sp³-hybridized carbons (Fsp3) is 0.324. The molecule has 3 aromatic carbocycles. The van der Waals surface area contributed by atoms with Crippen LogP contribution in [0.3, 0.4) is 0 Å². The molecule has 0 spiro atoms. The number of nitrogens with zero attached hydrogens (tertiary/aromatic N) is 1. The van der Waals surface area contributed by atoms with Crippen molar-refractivity contribution in [2.24, 2.45) is 12.5 Å². The first-order chi connectivity index (χ1) is 17.4. The molecule has 3 heteroatoms. The van der Waals surface area contributed by atoms with Crippen molar-refractivity contribution >= 4 is 21.9 Å². The summed E-state index contributed by atoms with van der Waals surface area (Å²) >= 11 is 0. The van der Waals surface area contributed by atoms with E-state index < -0.39 is 0 Å². The van der Waals surface area contributed by atoms with Crippen LogP contribution in [0.25, 0.3) is 44.3 Å². The summed E-state index contributed by atoms with van der Waals surface area (Å²) < 4.78 is 24.4. The highest BCUT2D eigenvalue weighted by molar-refractivity contribution is 6.13. The Morgan fingerprint density at radius 2 is 1.38 bits per heavy atom. The molecule has 0 saturated heterocycles. The fourth-order valence-corrected chi connectivity index (χ4v) is 6.56. The molecule has 0 N–H and O–H groups in total. The Bertz CT molecular complexity index is 1730. The minimum Gasteiger partial charge on any atom is -0.454 e. The smallest absolute Gasteiger partial charge is 0.216 e. The molecule has 188 valence electrons. The average Bonchev–Trinajstić information content (AvgIpc) is 3.26. The fourth-order valence-electron chi connectivity index (χ4n) is 6.56. The summed E-state index contributed by atoms with van der Waals surface area (Å²) in [5.41, 5.74) is 8.67. The van der Waals surface area contributed by atoms with E-state index in [9.17, 15) is 0 Å². The SMILES string of the molecule is Cc1ccc2c(oc3c(-c4ccc5c(c4)C(C)(C)C(C)(C)C5(C)C)c(F)ccc32)c1-c1cccc[n+]1C. The predicted octanol–water partition coefficient (Wildman–Crippen LogP) is 8.79. The van der Waals surface area contributed by atoms with Crippen LogP contribution >= 0.6 is 0 Å². The topological polar surface area (TPSA) is 17.0 Å². The number of halogens is 1. The van der Waals surface area contributed by atoms with Crippen molar-refractivity contribution in [2.75, 3.05) is 0 Å². The number of fused-ring (bicyclic) bond motifs is 4. The first-order valence-electron chi connectivity index (χ1n) is 13.1. The van der Waals surface area contributed by atoms with Gasteiger partial charge < -0.3 is 4.42 Å². The average molecular weight is 493 g/mol. The molecule has 1 aliphatic rings. The van der Waals surface area contributed by atoms with E-state index >= 15 is 4.39 Å². The number of aryl methyl sites for hydroxylation is 2. The standard InChI is InChI=1S/C34H35FNO/c1-20-12-14-22-23-15-17-26(35)29(31(23)37-30(22)28(20)27-11-9-10-18-36(27)8)21-13-16-24-25(19-21)33(4,5)34(6,7)32(24,2)3/h9-19H,1-8H3/q+1. The third kappa shape index (κ3) is 3.00. The molecule has 0 amide bonds. The van der Waals surface area contributed by atoms with Crippen molar-refractivity contribution in [3.05, 3.63) is 89.4 Å². The van der Waals surface area contributed by atoms with Gasteiger partial charge >= 0.3 is 0 Å². The molecule has 0 radical (unpaired) electrons. The summed E-state index contributed by atoms with van der Waals surface area (Å²) in [4.78, 5) is 0. The molecule has 2 aromatic heterocycles. The van der Waals surface area contributed by atoms with E-state index in [1.807, 2.05) is 31.4 Å². The summed E-state index contributed by atoms with van der Waals surface area (Å²) in [6.07, 6.45) is 2.04. The van der Waals surface area contributed by atoms with Crippen LogP contribution in [0, 0.1) is 18.2 Å². The lowest BCUT2D eigenvalue weighted by atomic mass is 9.59. The number of rotatable bonds is 2. The van der Waals surface area contributed by atoms with E-state index in [0.29, 0.717) is 11.1 Å². The van der Waals surface area contributed by atoms with Gasteiger partial charge in [-0.25, -0.2) is 8.96 Å².